The van der Waals surface area contributed by atoms with Gasteiger partial charge in [0.05, 0.1) is 4.90 Å². The van der Waals surface area contributed by atoms with E-state index in [1.54, 1.807) is 16.7 Å². The van der Waals surface area contributed by atoms with Gasteiger partial charge in [-0.3, -0.25) is 14.5 Å². The van der Waals surface area contributed by atoms with Crippen molar-refractivity contribution >= 4 is 33.2 Å². The van der Waals surface area contributed by atoms with Crippen molar-refractivity contribution in [3.8, 4) is 0 Å². The van der Waals surface area contributed by atoms with E-state index in [0.29, 0.717) is 26.2 Å². The maximum absolute atomic E-state index is 13.6. The van der Waals surface area contributed by atoms with Crippen molar-refractivity contribution in [2.24, 2.45) is 0 Å². The lowest BCUT2D eigenvalue weighted by Crippen LogP contribution is -2.56. The molecule has 2 aliphatic heterocycles. The van der Waals surface area contributed by atoms with E-state index >= 15 is 0 Å². The minimum Gasteiger partial charge on any atom is -0.340 e. The van der Waals surface area contributed by atoms with Crippen LogP contribution in [0.15, 0.2) is 46.0 Å². The van der Waals surface area contributed by atoms with Gasteiger partial charge in [0.25, 0.3) is 0 Å². The Kier molecular flexibility index (Phi) is 7.13. The third kappa shape index (κ3) is 5.11. The van der Waals surface area contributed by atoms with E-state index in [4.69, 9.17) is 0 Å². The molecule has 2 aromatic rings. The summed E-state index contributed by atoms with van der Waals surface area (Å²) in [5.41, 5.74) is 0.913. The van der Waals surface area contributed by atoms with Gasteiger partial charge in [0.15, 0.2) is 0 Å². The number of carbonyl (C=O) groups is 2. The maximum Gasteiger partial charge on any atom is 0.244 e. The fraction of sp³-hybridized carbons (Fsp3) is 0.455. The Labute approximate surface area is 197 Å². The van der Waals surface area contributed by atoms with Crippen LogP contribution in [0.2, 0.25) is 0 Å². The summed E-state index contributed by atoms with van der Waals surface area (Å²) in [6.45, 7) is 4.72. The number of hydrogen-bond donors (Lipinski definition) is 0. The fourth-order valence-corrected chi connectivity index (χ4v) is 6.47. The Morgan fingerprint density at radius 2 is 1.64 bits per heavy atom. The van der Waals surface area contributed by atoms with Gasteiger partial charge in [-0.05, 0) is 40.6 Å². The van der Waals surface area contributed by atoms with Gasteiger partial charge < -0.3 is 9.80 Å². The normalized spacial score (nSPS) is 19.5. The van der Waals surface area contributed by atoms with Crippen LogP contribution in [0.4, 0.5) is 4.39 Å². The second kappa shape index (κ2) is 9.88. The molecular weight excluding hydrogens is 467 g/mol. The van der Waals surface area contributed by atoms with Crippen molar-refractivity contribution in [2.75, 3.05) is 52.4 Å². The van der Waals surface area contributed by atoms with Crippen LogP contribution in [0.3, 0.4) is 0 Å². The monoisotopic (exact) mass is 494 g/mol. The van der Waals surface area contributed by atoms with Crippen LogP contribution in [0.5, 0.6) is 0 Å². The van der Waals surface area contributed by atoms with Crippen molar-refractivity contribution in [3.05, 3.63) is 52.5 Å². The maximum atomic E-state index is 13.6. The average Bonchev–Trinajstić information content (AvgIpc) is 3.34. The zero-order valence-corrected chi connectivity index (χ0v) is 20.0. The van der Waals surface area contributed by atoms with Crippen LogP contribution < -0.4 is 0 Å². The van der Waals surface area contributed by atoms with E-state index in [0.717, 1.165) is 11.6 Å². The van der Waals surface area contributed by atoms with E-state index < -0.39 is 21.9 Å². The van der Waals surface area contributed by atoms with E-state index in [1.807, 2.05) is 16.8 Å². The molecule has 0 radical (unpaired) electrons. The highest BCUT2D eigenvalue weighted by molar-refractivity contribution is 7.89. The predicted molar refractivity (Wildman–Crippen MR) is 123 cm³/mol. The van der Waals surface area contributed by atoms with E-state index in [9.17, 15) is 22.4 Å². The fourth-order valence-electron chi connectivity index (χ4n) is 4.33. The van der Waals surface area contributed by atoms with Crippen molar-refractivity contribution < 1.29 is 22.4 Å². The average molecular weight is 495 g/mol. The van der Waals surface area contributed by atoms with Crippen LogP contribution in [-0.2, 0) is 19.6 Å². The molecule has 0 aliphatic carbocycles. The van der Waals surface area contributed by atoms with Gasteiger partial charge >= 0.3 is 0 Å². The van der Waals surface area contributed by atoms with Crippen LogP contribution in [-0.4, -0.2) is 91.6 Å². The Bertz CT molecular complexity index is 1090. The molecule has 0 spiro atoms. The minimum atomic E-state index is -3.82. The molecule has 33 heavy (non-hydrogen) atoms. The number of piperazine rings is 2. The first-order chi connectivity index (χ1) is 15.8. The number of nitrogens with zero attached hydrogens (tertiary/aromatic N) is 4. The highest BCUT2D eigenvalue weighted by Gasteiger charge is 2.37. The molecule has 1 aromatic heterocycles. The number of amides is 2. The predicted octanol–water partition coefficient (Wildman–Crippen LogP) is 1.63. The summed E-state index contributed by atoms with van der Waals surface area (Å²) in [7, 11) is -3.82. The Hall–Kier alpha value is -2.34. The smallest absolute Gasteiger partial charge is 0.244 e. The molecule has 178 valence electrons. The Balaban J connectivity index is 1.45. The van der Waals surface area contributed by atoms with Gasteiger partial charge in [-0.2, -0.15) is 15.6 Å². The van der Waals surface area contributed by atoms with E-state index in [-0.39, 0.29) is 42.9 Å². The molecule has 0 bridgehead atoms. The van der Waals surface area contributed by atoms with Crippen LogP contribution in [0, 0.1) is 5.82 Å². The lowest BCUT2D eigenvalue weighted by molar-refractivity contribution is -0.140. The largest absolute Gasteiger partial charge is 0.340 e. The highest BCUT2D eigenvalue weighted by Crippen LogP contribution is 2.28. The summed E-state index contributed by atoms with van der Waals surface area (Å²) in [5, 5.41) is 3.90. The molecule has 1 aromatic carbocycles. The summed E-state index contributed by atoms with van der Waals surface area (Å²) >= 11 is 1.52. The number of benzene rings is 1. The molecule has 3 heterocycles. The third-order valence-corrected chi connectivity index (χ3v) is 8.80. The van der Waals surface area contributed by atoms with Crippen molar-refractivity contribution in [3.63, 3.8) is 0 Å². The lowest BCUT2D eigenvalue weighted by atomic mass is 10.1. The molecule has 2 amide bonds. The van der Waals surface area contributed by atoms with Crippen molar-refractivity contribution in [2.45, 2.75) is 17.9 Å². The summed E-state index contributed by atoms with van der Waals surface area (Å²) in [4.78, 5) is 30.8. The van der Waals surface area contributed by atoms with Crippen molar-refractivity contribution in [1.82, 2.24) is 19.0 Å². The van der Waals surface area contributed by atoms with Gasteiger partial charge in [0, 0.05) is 59.3 Å². The summed E-state index contributed by atoms with van der Waals surface area (Å²) in [6, 6.07) is 6.45. The lowest BCUT2D eigenvalue weighted by Gasteiger charge is -2.41. The number of thiophene rings is 1. The molecule has 11 heteroatoms. The molecule has 8 nitrogen and oxygen atoms in total. The minimum absolute atomic E-state index is 0.0312. The van der Waals surface area contributed by atoms with Gasteiger partial charge in [-0.25, -0.2) is 12.8 Å². The zero-order chi connectivity index (χ0) is 23.6. The number of rotatable bonds is 5. The third-order valence-electron chi connectivity index (χ3n) is 6.20. The first-order valence-corrected chi connectivity index (χ1v) is 13.2. The van der Waals surface area contributed by atoms with Gasteiger partial charge in [-0.15, -0.1) is 0 Å². The molecule has 2 saturated heterocycles. The molecule has 0 saturated carbocycles. The number of hydrogen-bond acceptors (Lipinski definition) is 6. The Morgan fingerprint density at radius 3 is 2.21 bits per heavy atom. The van der Waals surface area contributed by atoms with Gasteiger partial charge in [0.1, 0.15) is 11.9 Å². The van der Waals surface area contributed by atoms with E-state index in [2.05, 4.69) is 4.90 Å². The SMILES string of the molecule is CC(=O)N1CCN(C(C(=O)N2CCN(S(=O)(=O)c3cccc(F)c3)CC2)c2ccsc2)CC1. The highest BCUT2D eigenvalue weighted by atomic mass is 32.2. The number of halogens is 1. The molecule has 1 atom stereocenters. The summed E-state index contributed by atoms with van der Waals surface area (Å²) < 4.78 is 40.6. The molecule has 1 unspecified atom stereocenters. The van der Waals surface area contributed by atoms with Gasteiger partial charge in [-0.1, -0.05) is 6.07 Å². The molecule has 2 fully saturated rings. The molecule has 4 rings (SSSR count). The summed E-state index contributed by atoms with van der Waals surface area (Å²) in [6.07, 6.45) is 0. The Morgan fingerprint density at radius 1 is 0.970 bits per heavy atom. The molecular formula is C22H27FN4O4S2. The zero-order valence-electron chi connectivity index (χ0n) is 18.4. The van der Waals surface area contributed by atoms with E-state index in [1.165, 1.54) is 33.8 Å². The van der Waals surface area contributed by atoms with Gasteiger partial charge in [0.2, 0.25) is 21.8 Å². The second-order valence-corrected chi connectivity index (χ2v) is 10.9. The van der Waals surface area contributed by atoms with Crippen molar-refractivity contribution in [1.29, 1.82) is 0 Å². The standard InChI is InChI=1S/C22H27FN4O4S2/c1-17(28)24-6-8-25(9-7-24)21(18-5-14-32-16-18)22(29)26-10-12-27(13-11-26)33(30,31)20-4-2-3-19(23)15-20/h2-5,14-16,21H,6-13H2,1H3. The topological polar surface area (TPSA) is 81.2 Å². The first-order valence-electron chi connectivity index (χ1n) is 10.8. The molecule has 0 N–H and O–H groups in total. The van der Waals surface area contributed by atoms with Crippen LogP contribution >= 0.6 is 11.3 Å². The molecule has 2 aliphatic rings. The second-order valence-electron chi connectivity index (χ2n) is 8.19. The summed E-state index contributed by atoms with van der Waals surface area (Å²) in [5.74, 6) is -0.635. The number of sulfonamides is 1. The van der Waals surface area contributed by atoms with Crippen LogP contribution in [0.25, 0.3) is 0 Å². The van der Waals surface area contributed by atoms with Crippen LogP contribution in [0.1, 0.15) is 18.5 Å². The quantitative estimate of drug-likeness (QED) is 0.631. The number of carbonyl (C=O) groups excluding carboxylic acids is 2. The first kappa shape index (κ1) is 23.8.